The van der Waals surface area contributed by atoms with Gasteiger partial charge < -0.3 is 4.42 Å². The van der Waals surface area contributed by atoms with Crippen LogP contribution in [0.3, 0.4) is 0 Å². The molecule has 2 rings (SSSR count). The smallest absolute Gasteiger partial charge is 0.284 e. The maximum absolute atomic E-state index is 12.6. The molecule has 4 nitrogen and oxygen atoms in total. The van der Waals surface area contributed by atoms with E-state index >= 15 is 0 Å². The van der Waals surface area contributed by atoms with Gasteiger partial charge in [-0.1, -0.05) is 11.8 Å². The molecule has 0 aromatic carbocycles. The van der Waals surface area contributed by atoms with Crippen LogP contribution >= 0.6 is 11.8 Å². The number of halogens is 2. The SMILES string of the molecule is CSc1oc(-c2ncccn2)nc1C(F)F. The maximum atomic E-state index is 12.6. The summed E-state index contributed by atoms with van der Waals surface area (Å²) in [6.07, 6.45) is 1.96. The van der Waals surface area contributed by atoms with E-state index in [1.807, 2.05) is 0 Å². The summed E-state index contributed by atoms with van der Waals surface area (Å²) < 4.78 is 30.3. The Hall–Kier alpha value is -1.50. The molecule has 0 spiro atoms. The average Bonchev–Trinajstić information content (AvgIpc) is 2.74. The van der Waals surface area contributed by atoms with Gasteiger partial charge in [0, 0.05) is 12.4 Å². The first-order chi connectivity index (χ1) is 7.72. The molecule has 0 aliphatic rings. The number of rotatable bonds is 3. The molecule has 0 N–H and O–H groups in total. The van der Waals surface area contributed by atoms with Crippen molar-refractivity contribution in [1.29, 1.82) is 0 Å². The topological polar surface area (TPSA) is 51.8 Å². The first-order valence-corrected chi connectivity index (χ1v) is 5.55. The molecule has 0 unspecified atom stereocenters. The Morgan fingerprint density at radius 1 is 1.31 bits per heavy atom. The minimum absolute atomic E-state index is 0.0141. The monoisotopic (exact) mass is 243 g/mol. The summed E-state index contributed by atoms with van der Waals surface area (Å²) in [5.41, 5.74) is -0.366. The maximum Gasteiger partial charge on any atom is 0.284 e. The van der Waals surface area contributed by atoms with Crippen molar-refractivity contribution in [2.24, 2.45) is 0 Å². The average molecular weight is 243 g/mol. The molecule has 0 saturated heterocycles. The van der Waals surface area contributed by atoms with Gasteiger partial charge in [-0.15, -0.1) is 0 Å². The van der Waals surface area contributed by atoms with Crippen LogP contribution in [0.4, 0.5) is 8.78 Å². The van der Waals surface area contributed by atoms with Gasteiger partial charge in [0.2, 0.25) is 5.82 Å². The van der Waals surface area contributed by atoms with E-state index in [1.165, 1.54) is 12.4 Å². The standard InChI is InChI=1S/C9H7F2N3OS/c1-16-9-5(6(10)11)14-8(15-9)7-12-3-2-4-13-7/h2-4,6H,1H3. The molecule has 16 heavy (non-hydrogen) atoms. The second-order valence-electron chi connectivity index (χ2n) is 2.77. The van der Waals surface area contributed by atoms with Gasteiger partial charge in [-0.25, -0.2) is 23.7 Å². The Bertz CT molecular complexity index is 475. The second kappa shape index (κ2) is 4.56. The lowest BCUT2D eigenvalue weighted by atomic mass is 10.5. The number of thioether (sulfide) groups is 1. The van der Waals surface area contributed by atoms with Crippen molar-refractivity contribution in [3.8, 4) is 11.7 Å². The zero-order valence-electron chi connectivity index (χ0n) is 8.22. The molecule has 0 aliphatic carbocycles. The number of alkyl halides is 2. The van der Waals surface area contributed by atoms with Gasteiger partial charge in [-0.3, -0.25) is 0 Å². The molecule has 84 valence electrons. The van der Waals surface area contributed by atoms with E-state index < -0.39 is 6.43 Å². The molecule has 0 saturated carbocycles. The van der Waals surface area contributed by atoms with Crippen LogP contribution in [0.25, 0.3) is 11.7 Å². The number of oxazole rings is 1. The van der Waals surface area contributed by atoms with E-state index in [4.69, 9.17) is 4.42 Å². The zero-order chi connectivity index (χ0) is 11.5. The lowest BCUT2D eigenvalue weighted by Gasteiger charge is -1.92. The third-order valence-electron chi connectivity index (χ3n) is 1.77. The first kappa shape index (κ1) is 11.0. The quantitative estimate of drug-likeness (QED) is 0.776. The highest BCUT2D eigenvalue weighted by molar-refractivity contribution is 7.98. The Kier molecular flexibility index (Phi) is 3.14. The van der Waals surface area contributed by atoms with E-state index in [1.54, 1.807) is 12.3 Å². The van der Waals surface area contributed by atoms with Crippen LogP contribution in [-0.2, 0) is 0 Å². The van der Waals surface area contributed by atoms with Gasteiger partial charge in [0.05, 0.1) is 0 Å². The van der Waals surface area contributed by atoms with Crippen molar-refractivity contribution in [2.75, 3.05) is 6.26 Å². The molecule has 2 heterocycles. The second-order valence-corrected chi connectivity index (χ2v) is 3.55. The fourth-order valence-corrected chi connectivity index (χ4v) is 1.61. The summed E-state index contributed by atoms with van der Waals surface area (Å²) in [5.74, 6) is 0.213. The molecule has 0 radical (unpaired) electrons. The van der Waals surface area contributed by atoms with Gasteiger partial charge in [0.25, 0.3) is 12.3 Å². The first-order valence-electron chi connectivity index (χ1n) is 4.32. The predicted molar refractivity (Wildman–Crippen MR) is 54.3 cm³/mol. The molecule has 0 bridgehead atoms. The van der Waals surface area contributed by atoms with E-state index in [-0.39, 0.29) is 22.5 Å². The molecule has 7 heteroatoms. The summed E-state index contributed by atoms with van der Waals surface area (Å²) in [7, 11) is 0. The summed E-state index contributed by atoms with van der Waals surface area (Å²) in [5, 5.41) is 0.0949. The summed E-state index contributed by atoms with van der Waals surface area (Å²) in [6, 6.07) is 1.62. The third-order valence-corrected chi connectivity index (χ3v) is 2.43. The van der Waals surface area contributed by atoms with Crippen molar-refractivity contribution in [3.05, 3.63) is 24.2 Å². The van der Waals surface area contributed by atoms with E-state index in [9.17, 15) is 8.78 Å². The van der Waals surface area contributed by atoms with Gasteiger partial charge in [-0.2, -0.15) is 0 Å². The Morgan fingerprint density at radius 2 is 2.00 bits per heavy atom. The van der Waals surface area contributed by atoms with E-state index in [0.717, 1.165) is 11.8 Å². The predicted octanol–water partition coefficient (Wildman–Crippen LogP) is 2.79. The van der Waals surface area contributed by atoms with Gasteiger partial charge in [0.15, 0.2) is 10.8 Å². The van der Waals surface area contributed by atoms with Gasteiger partial charge in [-0.05, 0) is 12.3 Å². The van der Waals surface area contributed by atoms with E-state index in [2.05, 4.69) is 15.0 Å². The van der Waals surface area contributed by atoms with Crippen LogP contribution < -0.4 is 0 Å². The third kappa shape index (κ3) is 2.04. The largest absolute Gasteiger partial charge is 0.427 e. The fourth-order valence-electron chi connectivity index (χ4n) is 1.11. The minimum Gasteiger partial charge on any atom is -0.427 e. The molecule has 0 atom stereocenters. The van der Waals surface area contributed by atoms with Crippen LogP contribution in [0.1, 0.15) is 12.1 Å². The number of hydrogen-bond donors (Lipinski definition) is 0. The van der Waals surface area contributed by atoms with Gasteiger partial charge in [0.1, 0.15) is 0 Å². The summed E-state index contributed by atoms with van der Waals surface area (Å²) >= 11 is 1.07. The Balaban J connectivity index is 2.44. The van der Waals surface area contributed by atoms with Crippen molar-refractivity contribution in [2.45, 2.75) is 11.5 Å². The summed E-state index contributed by atoms with van der Waals surface area (Å²) in [4.78, 5) is 11.4. The van der Waals surface area contributed by atoms with Crippen LogP contribution in [-0.4, -0.2) is 21.2 Å². The highest BCUT2D eigenvalue weighted by Gasteiger charge is 2.22. The van der Waals surface area contributed by atoms with Crippen molar-refractivity contribution in [1.82, 2.24) is 15.0 Å². The summed E-state index contributed by atoms with van der Waals surface area (Å²) in [6.45, 7) is 0. The van der Waals surface area contributed by atoms with Crippen molar-refractivity contribution >= 4 is 11.8 Å². The lowest BCUT2D eigenvalue weighted by molar-refractivity contribution is 0.141. The van der Waals surface area contributed by atoms with Crippen LogP contribution in [0.5, 0.6) is 0 Å². The molecular weight excluding hydrogens is 236 g/mol. The van der Waals surface area contributed by atoms with Crippen LogP contribution in [0, 0.1) is 0 Å². The highest BCUT2D eigenvalue weighted by atomic mass is 32.2. The normalized spacial score (nSPS) is 11.0. The Morgan fingerprint density at radius 3 is 2.50 bits per heavy atom. The van der Waals surface area contributed by atoms with Crippen LogP contribution in [0.2, 0.25) is 0 Å². The molecule has 0 aliphatic heterocycles. The molecule has 0 fully saturated rings. The van der Waals surface area contributed by atoms with Gasteiger partial charge >= 0.3 is 0 Å². The molecule has 2 aromatic rings. The minimum atomic E-state index is -2.66. The van der Waals surface area contributed by atoms with Crippen molar-refractivity contribution < 1.29 is 13.2 Å². The van der Waals surface area contributed by atoms with Crippen molar-refractivity contribution in [3.63, 3.8) is 0 Å². The lowest BCUT2D eigenvalue weighted by Crippen LogP contribution is -1.89. The number of aromatic nitrogens is 3. The highest BCUT2D eigenvalue weighted by Crippen LogP contribution is 2.32. The Labute approximate surface area is 94.1 Å². The fraction of sp³-hybridized carbons (Fsp3) is 0.222. The zero-order valence-corrected chi connectivity index (χ0v) is 9.04. The molecule has 0 amide bonds. The van der Waals surface area contributed by atoms with Crippen LogP contribution in [0.15, 0.2) is 28.0 Å². The molecule has 2 aromatic heterocycles. The number of nitrogens with zero attached hydrogens (tertiary/aromatic N) is 3. The molecular formula is C9H7F2N3OS. The number of hydrogen-bond acceptors (Lipinski definition) is 5. The van der Waals surface area contributed by atoms with E-state index in [0.29, 0.717) is 0 Å².